The molecule has 1 N–H and O–H groups in total. The van der Waals surface area contributed by atoms with Crippen molar-refractivity contribution in [3.63, 3.8) is 0 Å². The molecule has 2 nitrogen and oxygen atoms in total. The number of ether oxygens (including phenoxy) is 1. The van der Waals surface area contributed by atoms with E-state index in [0.29, 0.717) is 11.5 Å². The summed E-state index contributed by atoms with van der Waals surface area (Å²) in [6.45, 7) is 10.0. The Hall–Kier alpha value is -0.0800. The third-order valence-electron chi connectivity index (χ3n) is 3.01. The van der Waals surface area contributed by atoms with Crippen LogP contribution < -0.4 is 5.32 Å². The van der Waals surface area contributed by atoms with Crippen molar-refractivity contribution in [1.82, 2.24) is 5.32 Å². The molecule has 0 aromatic carbocycles. The molecule has 1 aliphatic heterocycles. The Kier molecular flexibility index (Phi) is 5.62. The Morgan fingerprint density at radius 3 is 2.40 bits per heavy atom. The highest BCUT2D eigenvalue weighted by molar-refractivity contribution is 4.70. The lowest BCUT2D eigenvalue weighted by Gasteiger charge is -2.23. The molecule has 1 rings (SSSR count). The van der Waals surface area contributed by atoms with Crippen LogP contribution in [0.1, 0.15) is 52.9 Å². The van der Waals surface area contributed by atoms with Crippen LogP contribution in [0.15, 0.2) is 0 Å². The van der Waals surface area contributed by atoms with E-state index >= 15 is 0 Å². The van der Waals surface area contributed by atoms with Crippen molar-refractivity contribution in [2.45, 2.75) is 58.9 Å². The first-order chi connectivity index (χ1) is 7.08. The van der Waals surface area contributed by atoms with E-state index in [0.717, 1.165) is 13.2 Å². The molecule has 0 aliphatic carbocycles. The molecule has 0 radical (unpaired) electrons. The van der Waals surface area contributed by atoms with Crippen LogP contribution in [-0.4, -0.2) is 25.8 Å². The van der Waals surface area contributed by atoms with Crippen molar-refractivity contribution < 1.29 is 4.74 Å². The van der Waals surface area contributed by atoms with Gasteiger partial charge < -0.3 is 10.1 Å². The Bertz CT molecular complexity index is 156. The Morgan fingerprint density at radius 1 is 1.13 bits per heavy atom. The first-order valence-corrected chi connectivity index (χ1v) is 6.39. The summed E-state index contributed by atoms with van der Waals surface area (Å²) >= 11 is 0. The van der Waals surface area contributed by atoms with Crippen LogP contribution in [0, 0.1) is 5.41 Å². The van der Waals surface area contributed by atoms with Crippen LogP contribution in [0.25, 0.3) is 0 Å². The van der Waals surface area contributed by atoms with Crippen molar-refractivity contribution in [1.29, 1.82) is 0 Å². The average Bonchev–Trinajstić information content (AvgIpc) is 2.17. The summed E-state index contributed by atoms with van der Waals surface area (Å²) in [5.74, 6) is 0. The second-order valence-electron chi connectivity index (χ2n) is 5.86. The molecular weight excluding hydrogens is 186 g/mol. The van der Waals surface area contributed by atoms with Crippen molar-refractivity contribution >= 4 is 0 Å². The van der Waals surface area contributed by atoms with Gasteiger partial charge in [0.2, 0.25) is 0 Å². The molecule has 0 amide bonds. The summed E-state index contributed by atoms with van der Waals surface area (Å²) in [6, 6.07) is 0.716. The fraction of sp³-hybridized carbons (Fsp3) is 1.00. The number of unbranched alkanes of at least 4 members (excludes halogenated alkanes) is 1. The third-order valence-corrected chi connectivity index (χ3v) is 3.01. The fourth-order valence-electron chi connectivity index (χ4n) is 1.99. The van der Waals surface area contributed by atoms with Crippen LogP contribution in [0.5, 0.6) is 0 Å². The lowest BCUT2D eigenvalue weighted by atomic mass is 9.90. The molecule has 1 fully saturated rings. The number of hydrogen-bond donors (Lipinski definition) is 1. The molecule has 0 unspecified atom stereocenters. The molecular formula is C13H27NO. The summed E-state index contributed by atoms with van der Waals surface area (Å²) in [5.41, 5.74) is 0.499. The van der Waals surface area contributed by atoms with Gasteiger partial charge in [-0.1, -0.05) is 27.2 Å². The molecule has 0 spiro atoms. The summed E-state index contributed by atoms with van der Waals surface area (Å²) in [5, 5.41) is 3.63. The molecule has 0 aromatic rings. The first-order valence-electron chi connectivity index (χ1n) is 6.39. The van der Waals surface area contributed by atoms with Crippen molar-refractivity contribution in [3.05, 3.63) is 0 Å². The van der Waals surface area contributed by atoms with Crippen LogP contribution in [0.4, 0.5) is 0 Å². The van der Waals surface area contributed by atoms with E-state index in [4.69, 9.17) is 4.74 Å². The molecule has 15 heavy (non-hydrogen) atoms. The molecule has 1 saturated heterocycles. The summed E-state index contributed by atoms with van der Waals surface area (Å²) in [4.78, 5) is 0. The smallest absolute Gasteiger partial charge is 0.0480 e. The molecule has 0 bridgehead atoms. The Morgan fingerprint density at radius 2 is 1.80 bits per heavy atom. The van der Waals surface area contributed by atoms with Gasteiger partial charge in [-0.25, -0.2) is 0 Å². The van der Waals surface area contributed by atoms with E-state index in [1.54, 1.807) is 0 Å². The van der Waals surface area contributed by atoms with E-state index < -0.39 is 0 Å². The standard InChI is InChI=1S/C13H27NO/c1-13(2,3)8-4-5-9-14-12-6-10-15-11-7-12/h12,14H,4-11H2,1-3H3. The molecule has 0 saturated carbocycles. The molecule has 90 valence electrons. The SMILES string of the molecule is CC(C)(C)CCCCNC1CCOCC1. The highest BCUT2D eigenvalue weighted by Crippen LogP contribution is 2.21. The van der Waals surface area contributed by atoms with Gasteiger partial charge in [-0.3, -0.25) is 0 Å². The van der Waals surface area contributed by atoms with Gasteiger partial charge in [0.05, 0.1) is 0 Å². The van der Waals surface area contributed by atoms with Crippen molar-refractivity contribution in [3.8, 4) is 0 Å². The maximum absolute atomic E-state index is 5.33. The maximum atomic E-state index is 5.33. The zero-order valence-electron chi connectivity index (χ0n) is 10.6. The van der Waals surface area contributed by atoms with E-state index in [9.17, 15) is 0 Å². The summed E-state index contributed by atoms with van der Waals surface area (Å²) in [7, 11) is 0. The highest BCUT2D eigenvalue weighted by atomic mass is 16.5. The van der Waals surface area contributed by atoms with Crippen LogP contribution >= 0.6 is 0 Å². The Labute approximate surface area is 94.8 Å². The van der Waals surface area contributed by atoms with Crippen molar-refractivity contribution in [2.24, 2.45) is 5.41 Å². The fourth-order valence-corrected chi connectivity index (χ4v) is 1.99. The quantitative estimate of drug-likeness (QED) is 0.709. The second-order valence-corrected chi connectivity index (χ2v) is 5.86. The maximum Gasteiger partial charge on any atom is 0.0480 e. The zero-order valence-corrected chi connectivity index (χ0v) is 10.6. The zero-order chi connectivity index (χ0) is 11.1. The minimum Gasteiger partial charge on any atom is -0.381 e. The number of hydrogen-bond acceptors (Lipinski definition) is 2. The van der Waals surface area contributed by atoms with E-state index in [1.807, 2.05) is 0 Å². The van der Waals surface area contributed by atoms with Gasteiger partial charge in [-0.05, 0) is 37.6 Å². The predicted molar refractivity (Wildman–Crippen MR) is 65.1 cm³/mol. The lowest BCUT2D eigenvalue weighted by Crippen LogP contribution is -2.35. The topological polar surface area (TPSA) is 21.3 Å². The first kappa shape index (κ1) is 13.0. The van der Waals surface area contributed by atoms with Crippen molar-refractivity contribution in [2.75, 3.05) is 19.8 Å². The van der Waals surface area contributed by atoms with E-state index in [1.165, 1.54) is 38.6 Å². The highest BCUT2D eigenvalue weighted by Gasteiger charge is 2.13. The van der Waals surface area contributed by atoms with Gasteiger partial charge in [-0.15, -0.1) is 0 Å². The monoisotopic (exact) mass is 213 g/mol. The second kappa shape index (κ2) is 6.49. The summed E-state index contributed by atoms with van der Waals surface area (Å²) < 4.78 is 5.33. The molecule has 2 heteroatoms. The number of nitrogens with one attached hydrogen (secondary N) is 1. The van der Waals surface area contributed by atoms with Gasteiger partial charge in [-0.2, -0.15) is 0 Å². The number of rotatable bonds is 5. The molecule has 1 heterocycles. The van der Waals surface area contributed by atoms with E-state index in [2.05, 4.69) is 26.1 Å². The molecule has 1 aliphatic rings. The van der Waals surface area contributed by atoms with Gasteiger partial charge >= 0.3 is 0 Å². The van der Waals surface area contributed by atoms with Gasteiger partial charge in [0.1, 0.15) is 0 Å². The van der Waals surface area contributed by atoms with Crippen LogP contribution in [0.3, 0.4) is 0 Å². The summed E-state index contributed by atoms with van der Waals surface area (Å²) in [6.07, 6.45) is 6.38. The lowest BCUT2D eigenvalue weighted by molar-refractivity contribution is 0.0779. The minimum atomic E-state index is 0.499. The largest absolute Gasteiger partial charge is 0.381 e. The minimum absolute atomic E-state index is 0.499. The van der Waals surface area contributed by atoms with Crippen LogP contribution in [0.2, 0.25) is 0 Å². The van der Waals surface area contributed by atoms with E-state index in [-0.39, 0.29) is 0 Å². The van der Waals surface area contributed by atoms with Gasteiger partial charge in [0.25, 0.3) is 0 Å². The van der Waals surface area contributed by atoms with Crippen LogP contribution in [-0.2, 0) is 4.74 Å². The molecule has 0 aromatic heterocycles. The normalized spacial score (nSPS) is 19.4. The average molecular weight is 213 g/mol. The Balaban J connectivity index is 1.92. The van der Waals surface area contributed by atoms with Gasteiger partial charge in [0, 0.05) is 19.3 Å². The molecule has 0 atom stereocenters. The van der Waals surface area contributed by atoms with Gasteiger partial charge in [0.15, 0.2) is 0 Å². The third kappa shape index (κ3) is 6.91. The predicted octanol–water partition coefficient (Wildman–Crippen LogP) is 2.97.